The molecule has 2 aromatic carbocycles. The topological polar surface area (TPSA) is 88.1 Å². The molecule has 1 aliphatic rings. The Morgan fingerprint density at radius 1 is 1.21 bits per heavy atom. The molecule has 1 aliphatic carbocycles. The zero-order chi connectivity index (χ0) is 27.5. The van der Waals surface area contributed by atoms with Crippen molar-refractivity contribution in [3.05, 3.63) is 65.0 Å². The van der Waals surface area contributed by atoms with Gasteiger partial charge in [-0.1, -0.05) is 51.0 Å². The summed E-state index contributed by atoms with van der Waals surface area (Å²) >= 11 is 0. The minimum atomic E-state index is -0.931. The SMILES string of the molecule is CCC(C)CN(CCOC1CCCC(COCc2cccc(C)c2C(=O)O)C1)C(=O)Nc1cccc(F)c1. The minimum Gasteiger partial charge on any atom is -0.478 e. The number of aromatic carboxylic acids is 1. The van der Waals surface area contributed by atoms with Gasteiger partial charge in [-0.3, -0.25) is 0 Å². The van der Waals surface area contributed by atoms with Crippen molar-refractivity contribution in [3.8, 4) is 0 Å². The van der Waals surface area contributed by atoms with Gasteiger partial charge in [0.1, 0.15) is 5.82 Å². The number of anilines is 1. The van der Waals surface area contributed by atoms with Crippen molar-refractivity contribution < 1.29 is 28.6 Å². The lowest BCUT2D eigenvalue weighted by atomic mass is 9.88. The molecule has 3 atom stereocenters. The summed E-state index contributed by atoms with van der Waals surface area (Å²) in [5.41, 5.74) is 2.18. The fourth-order valence-corrected chi connectivity index (χ4v) is 4.91. The molecule has 1 fully saturated rings. The maximum absolute atomic E-state index is 13.5. The van der Waals surface area contributed by atoms with Gasteiger partial charge in [0, 0.05) is 25.4 Å². The Morgan fingerprint density at radius 3 is 2.74 bits per heavy atom. The number of nitrogens with one attached hydrogen (secondary N) is 1. The van der Waals surface area contributed by atoms with Crippen LogP contribution in [0.2, 0.25) is 0 Å². The second-order valence-corrected chi connectivity index (χ2v) is 10.4. The summed E-state index contributed by atoms with van der Waals surface area (Å²) < 4.78 is 25.7. The first-order valence-corrected chi connectivity index (χ1v) is 13.6. The number of carbonyl (C=O) groups is 2. The molecule has 3 unspecified atom stereocenters. The van der Waals surface area contributed by atoms with E-state index in [-0.39, 0.29) is 18.7 Å². The largest absolute Gasteiger partial charge is 0.478 e. The van der Waals surface area contributed by atoms with E-state index in [1.807, 2.05) is 6.07 Å². The molecule has 1 saturated carbocycles. The van der Waals surface area contributed by atoms with E-state index < -0.39 is 11.8 Å². The predicted octanol–water partition coefficient (Wildman–Crippen LogP) is 6.50. The van der Waals surface area contributed by atoms with E-state index in [1.54, 1.807) is 36.1 Å². The molecule has 2 amide bonds. The lowest BCUT2D eigenvalue weighted by Crippen LogP contribution is -2.40. The number of hydrogen-bond donors (Lipinski definition) is 2. The Balaban J connectivity index is 1.46. The van der Waals surface area contributed by atoms with Crippen molar-refractivity contribution >= 4 is 17.7 Å². The van der Waals surface area contributed by atoms with Gasteiger partial charge in [-0.05, 0) is 67.3 Å². The number of rotatable bonds is 13. The molecule has 3 rings (SSSR count). The molecular weight excluding hydrogens is 487 g/mol. The standard InChI is InChI=1S/C30H41FN2O5/c1-4-21(2)18-33(30(36)32-26-12-7-11-25(31)17-26)14-15-38-27-13-6-9-23(16-27)19-37-20-24-10-5-8-22(3)28(24)29(34)35/h5,7-8,10-12,17,21,23,27H,4,6,9,13-16,18-20H2,1-3H3,(H,32,36)(H,34,35). The van der Waals surface area contributed by atoms with Crippen LogP contribution in [0.3, 0.4) is 0 Å². The highest BCUT2D eigenvalue weighted by atomic mass is 19.1. The van der Waals surface area contributed by atoms with Crippen LogP contribution in [-0.4, -0.2) is 54.4 Å². The zero-order valence-electron chi connectivity index (χ0n) is 22.7. The Hall–Kier alpha value is -2.97. The third-order valence-electron chi connectivity index (χ3n) is 7.23. The Morgan fingerprint density at radius 2 is 2.00 bits per heavy atom. The van der Waals surface area contributed by atoms with Gasteiger partial charge < -0.3 is 24.8 Å². The van der Waals surface area contributed by atoms with Crippen molar-refractivity contribution in [1.29, 1.82) is 0 Å². The Bertz CT molecular complexity index is 1060. The number of urea groups is 1. The number of hydrogen-bond acceptors (Lipinski definition) is 4. The fraction of sp³-hybridized carbons (Fsp3) is 0.533. The maximum Gasteiger partial charge on any atom is 0.336 e. The van der Waals surface area contributed by atoms with Crippen molar-refractivity contribution in [1.82, 2.24) is 4.90 Å². The highest BCUT2D eigenvalue weighted by molar-refractivity contribution is 5.91. The smallest absolute Gasteiger partial charge is 0.336 e. The first-order chi connectivity index (χ1) is 18.3. The van der Waals surface area contributed by atoms with Gasteiger partial charge in [0.25, 0.3) is 0 Å². The molecule has 208 valence electrons. The lowest BCUT2D eigenvalue weighted by molar-refractivity contribution is -0.0141. The van der Waals surface area contributed by atoms with Crippen LogP contribution in [0.1, 0.15) is 67.4 Å². The fourth-order valence-electron chi connectivity index (χ4n) is 4.91. The number of halogens is 1. The predicted molar refractivity (Wildman–Crippen MR) is 146 cm³/mol. The van der Waals surface area contributed by atoms with E-state index in [9.17, 15) is 19.1 Å². The number of carboxylic acid groups (broad SMARTS) is 1. The van der Waals surface area contributed by atoms with Crippen molar-refractivity contribution in [3.63, 3.8) is 0 Å². The third kappa shape index (κ3) is 9.10. The third-order valence-corrected chi connectivity index (χ3v) is 7.23. The number of amides is 2. The average molecular weight is 529 g/mol. The first-order valence-electron chi connectivity index (χ1n) is 13.6. The highest BCUT2D eigenvalue weighted by Gasteiger charge is 2.24. The van der Waals surface area contributed by atoms with Gasteiger partial charge >= 0.3 is 12.0 Å². The van der Waals surface area contributed by atoms with E-state index >= 15 is 0 Å². The van der Waals surface area contributed by atoms with E-state index in [1.165, 1.54) is 12.1 Å². The first kappa shape index (κ1) is 29.6. The van der Waals surface area contributed by atoms with Crippen LogP contribution in [0.4, 0.5) is 14.9 Å². The molecule has 0 aromatic heterocycles. The summed E-state index contributed by atoms with van der Waals surface area (Å²) in [7, 11) is 0. The van der Waals surface area contributed by atoms with Gasteiger partial charge in [0.05, 0.1) is 24.9 Å². The van der Waals surface area contributed by atoms with Crippen molar-refractivity contribution in [2.75, 3.05) is 31.6 Å². The van der Waals surface area contributed by atoms with Crippen LogP contribution in [-0.2, 0) is 16.1 Å². The summed E-state index contributed by atoms with van der Waals surface area (Å²) in [6, 6.07) is 11.1. The van der Waals surface area contributed by atoms with Crippen LogP contribution in [0.5, 0.6) is 0 Å². The minimum absolute atomic E-state index is 0.0997. The highest BCUT2D eigenvalue weighted by Crippen LogP contribution is 2.27. The van der Waals surface area contributed by atoms with E-state index in [0.29, 0.717) is 55.0 Å². The van der Waals surface area contributed by atoms with E-state index in [4.69, 9.17) is 9.47 Å². The molecule has 0 saturated heterocycles. The summed E-state index contributed by atoms with van der Waals surface area (Å²) in [6.45, 7) is 8.30. The molecule has 7 nitrogen and oxygen atoms in total. The second-order valence-electron chi connectivity index (χ2n) is 10.4. The summed E-state index contributed by atoms with van der Waals surface area (Å²) in [5.74, 6) is -0.643. The molecule has 8 heteroatoms. The lowest BCUT2D eigenvalue weighted by Gasteiger charge is -2.31. The van der Waals surface area contributed by atoms with E-state index in [0.717, 1.165) is 37.7 Å². The number of aryl methyl sites for hydroxylation is 1. The van der Waals surface area contributed by atoms with E-state index in [2.05, 4.69) is 19.2 Å². The number of carboxylic acids is 1. The Kier molecular flexibility index (Phi) is 11.5. The van der Waals surface area contributed by atoms with Gasteiger partial charge in [-0.25, -0.2) is 14.0 Å². The molecule has 0 spiro atoms. The van der Waals surface area contributed by atoms with Gasteiger partial charge in [-0.2, -0.15) is 0 Å². The van der Waals surface area contributed by atoms with Crippen LogP contribution in [0.15, 0.2) is 42.5 Å². The van der Waals surface area contributed by atoms with Gasteiger partial charge in [-0.15, -0.1) is 0 Å². The summed E-state index contributed by atoms with van der Waals surface area (Å²) in [6.07, 6.45) is 4.99. The number of benzene rings is 2. The molecule has 0 heterocycles. The quantitative estimate of drug-likeness (QED) is 0.310. The van der Waals surface area contributed by atoms with Crippen LogP contribution >= 0.6 is 0 Å². The molecule has 2 N–H and O–H groups in total. The van der Waals surface area contributed by atoms with Gasteiger partial charge in [0.2, 0.25) is 0 Å². The number of nitrogens with zero attached hydrogens (tertiary/aromatic N) is 1. The molecule has 0 radical (unpaired) electrons. The second kappa shape index (κ2) is 14.8. The van der Waals surface area contributed by atoms with Crippen molar-refractivity contribution in [2.45, 2.75) is 65.6 Å². The van der Waals surface area contributed by atoms with Gasteiger partial charge in [0.15, 0.2) is 0 Å². The molecule has 0 bridgehead atoms. The number of ether oxygens (including phenoxy) is 2. The zero-order valence-corrected chi connectivity index (χ0v) is 22.7. The van der Waals surface area contributed by atoms with Crippen molar-refractivity contribution in [2.24, 2.45) is 11.8 Å². The summed E-state index contributed by atoms with van der Waals surface area (Å²) in [5, 5.41) is 12.3. The van der Waals surface area contributed by atoms with Crippen LogP contribution in [0.25, 0.3) is 0 Å². The molecule has 0 aliphatic heterocycles. The Labute approximate surface area is 225 Å². The maximum atomic E-state index is 13.5. The normalized spacial score (nSPS) is 18.1. The monoisotopic (exact) mass is 528 g/mol. The average Bonchev–Trinajstić information content (AvgIpc) is 2.88. The molecular formula is C30H41FN2O5. The molecule has 38 heavy (non-hydrogen) atoms. The van der Waals surface area contributed by atoms with Crippen LogP contribution in [0, 0.1) is 24.6 Å². The number of carbonyl (C=O) groups excluding carboxylic acids is 1. The molecule has 2 aromatic rings. The summed E-state index contributed by atoms with van der Waals surface area (Å²) in [4.78, 5) is 26.3. The van der Waals surface area contributed by atoms with Crippen LogP contribution < -0.4 is 5.32 Å².